The number of rotatable bonds is 7. The van der Waals surface area contributed by atoms with Crippen molar-refractivity contribution in [2.24, 2.45) is 11.7 Å². The van der Waals surface area contributed by atoms with E-state index in [0.29, 0.717) is 12.1 Å². The third-order valence-electron chi connectivity index (χ3n) is 5.20. The molecule has 0 aliphatic carbocycles. The SMILES string of the molecule is Cc1ccc(CNCc2cccc(CN3CCC[C@H](C(N)=O)C3)c2)cc1F. The van der Waals surface area contributed by atoms with Gasteiger partial charge in [-0.3, -0.25) is 9.69 Å². The lowest BCUT2D eigenvalue weighted by atomic mass is 9.97. The second-order valence-electron chi connectivity index (χ2n) is 7.48. The van der Waals surface area contributed by atoms with Gasteiger partial charge >= 0.3 is 0 Å². The Morgan fingerprint density at radius 1 is 1.19 bits per heavy atom. The quantitative estimate of drug-likeness (QED) is 0.788. The van der Waals surface area contributed by atoms with Gasteiger partial charge in [-0.15, -0.1) is 0 Å². The Hall–Kier alpha value is -2.24. The Balaban J connectivity index is 1.52. The van der Waals surface area contributed by atoms with Gasteiger partial charge in [-0.25, -0.2) is 4.39 Å². The molecule has 1 fully saturated rings. The zero-order chi connectivity index (χ0) is 19.2. The smallest absolute Gasteiger partial charge is 0.221 e. The van der Waals surface area contributed by atoms with Gasteiger partial charge in [-0.2, -0.15) is 0 Å². The van der Waals surface area contributed by atoms with Gasteiger partial charge in [0.05, 0.1) is 5.92 Å². The van der Waals surface area contributed by atoms with Gasteiger partial charge in [-0.1, -0.05) is 36.4 Å². The van der Waals surface area contributed by atoms with Crippen LogP contribution in [-0.2, 0) is 24.4 Å². The Morgan fingerprint density at radius 2 is 1.93 bits per heavy atom. The van der Waals surface area contributed by atoms with E-state index in [2.05, 4.69) is 34.5 Å². The molecule has 27 heavy (non-hydrogen) atoms. The van der Waals surface area contributed by atoms with Gasteiger partial charge in [0.1, 0.15) is 5.82 Å². The molecule has 0 bridgehead atoms. The lowest BCUT2D eigenvalue weighted by molar-refractivity contribution is -0.123. The average Bonchev–Trinajstić information content (AvgIpc) is 2.65. The molecule has 1 aliphatic rings. The van der Waals surface area contributed by atoms with Crippen LogP contribution in [0.3, 0.4) is 0 Å². The maximum atomic E-state index is 13.6. The van der Waals surface area contributed by atoms with Crippen LogP contribution >= 0.6 is 0 Å². The first-order valence-corrected chi connectivity index (χ1v) is 9.56. The highest BCUT2D eigenvalue weighted by atomic mass is 19.1. The lowest BCUT2D eigenvalue weighted by Gasteiger charge is -2.31. The largest absolute Gasteiger partial charge is 0.369 e. The highest BCUT2D eigenvalue weighted by molar-refractivity contribution is 5.76. The maximum absolute atomic E-state index is 13.6. The van der Waals surface area contributed by atoms with Crippen LogP contribution in [0, 0.1) is 18.7 Å². The molecular formula is C22H28FN3O. The minimum Gasteiger partial charge on any atom is -0.369 e. The van der Waals surface area contributed by atoms with Gasteiger partial charge in [0.15, 0.2) is 0 Å². The van der Waals surface area contributed by atoms with Crippen molar-refractivity contribution in [1.29, 1.82) is 0 Å². The molecule has 5 heteroatoms. The molecule has 0 saturated carbocycles. The summed E-state index contributed by atoms with van der Waals surface area (Å²) in [7, 11) is 0. The van der Waals surface area contributed by atoms with Crippen molar-refractivity contribution < 1.29 is 9.18 Å². The molecule has 1 aliphatic heterocycles. The monoisotopic (exact) mass is 369 g/mol. The van der Waals surface area contributed by atoms with Crippen LogP contribution in [0.2, 0.25) is 0 Å². The van der Waals surface area contributed by atoms with Crippen molar-refractivity contribution >= 4 is 5.91 Å². The number of nitrogens with two attached hydrogens (primary N) is 1. The predicted octanol–water partition coefficient (Wildman–Crippen LogP) is 3.12. The molecule has 3 N–H and O–H groups in total. The summed E-state index contributed by atoms with van der Waals surface area (Å²) in [6.07, 6.45) is 1.91. The number of nitrogens with zero attached hydrogens (tertiary/aromatic N) is 1. The number of aryl methyl sites for hydroxylation is 1. The zero-order valence-corrected chi connectivity index (χ0v) is 15.9. The van der Waals surface area contributed by atoms with E-state index in [0.717, 1.165) is 44.6 Å². The number of nitrogens with one attached hydrogen (secondary N) is 1. The molecule has 3 rings (SSSR count). The molecule has 1 amide bonds. The number of benzene rings is 2. The number of piperidine rings is 1. The van der Waals surface area contributed by atoms with Crippen molar-refractivity contribution in [2.75, 3.05) is 13.1 Å². The third kappa shape index (κ3) is 5.62. The van der Waals surface area contributed by atoms with Crippen LogP contribution in [0.1, 0.15) is 35.1 Å². The first-order valence-electron chi connectivity index (χ1n) is 9.56. The highest BCUT2D eigenvalue weighted by Crippen LogP contribution is 2.19. The third-order valence-corrected chi connectivity index (χ3v) is 5.20. The number of amides is 1. The van der Waals surface area contributed by atoms with Crippen LogP contribution < -0.4 is 11.1 Å². The molecule has 1 atom stereocenters. The summed E-state index contributed by atoms with van der Waals surface area (Å²) < 4.78 is 13.6. The fraction of sp³-hybridized carbons (Fsp3) is 0.409. The van der Waals surface area contributed by atoms with Gasteiger partial charge in [0.25, 0.3) is 0 Å². The van der Waals surface area contributed by atoms with Crippen molar-refractivity contribution in [2.45, 2.75) is 39.4 Å². The van der Waals surface area contributed by atoms with E-state index < -0.39 is 0 Å². The standard InChI is InChI=1S/C22H28FN3O/c1-16-7-8-18(11-21(16)23)13-25-12-17-4-2-5-19(10-17)14-26-9-3-6-20(15-26)22(24)27/h2,4-5,7-8,10-11,20,25H,3,6,9,12-15H2,1H3,(H2,24,27)/t20-/m0/s1. The maximum Gasteiger partial charge on any atom is 0.221 e. The second kappa shape index (κ2) is 9.11. The number of hydrogen-bond acceptors (Lipinski definition) is 3. The molecular weight excluding hydrogens is 341 g/mol. The summed E-state index contributed by atoms with van der Waals surface area (Å²) in [5.74, 6) is -0.379. The van der Waals surface area contributed by atoms with E-state index in [1.807, 2.05) is 12.1 Å². The van der Waals surface area contributed by atoms with Crippen molar-refractivity contribution in [3.8, 4) is 0 Å². The van der Waals surface area contributed by atoms with Gasteiger partial charge in [0.2, 0.25) is 5.91 Å². The Bertz CT molecular complexity index is 793. The van der Waals surface area contributed by atoms with E-state index >= 15 is 0 Å². The first-order chi connectivity index (χ1) is 13.0. The zero-order valence-electron chi connectivity index (χ0n) is 15.9. The fourth-order valence-electron chi connectivity index (χ4n) is 3.63. The van der Waals surface area contributed by atoms with Crippen LogP contribution in [0.5, 0.6) is 0 Å². The average molecular weight is 369 g/mol. The number of carbonyl (C=O) groups excluding carboxylic acids is 1. The van der Waals surface area contributed by atoms with Gasteiger partial charge in [-0.05, 0) is 54.6 Å². The van der Waals surface area contributed by atoms with Gasteiger partial charge < -0.3 is 11.1 Å². The molecule has 0 unspecified atom stereocenters. The molecule has 1 heterocycles. The summed E-state index contributed by atoms with van der Waals surface area (Å²) in [6, 6.07) is 13.8. The summed E-state index contributed by atoms with van der Waals surface area (Å²) in [5.41, 5.74) is 9.52. The van der Waals surface area contributed by atoms with Crippen LogP contribution in [0.15, 0.2) is 42.5 Å². The molecule has 0 spiro atoms. The Labute approximate surface area is 160 Å². The van der Waals surface area contributed by atoms with E-state index in [1.54, 1.807) is 13.0 Å². The normalized spacial score (nSPS) is 17.8. The first kappa shape index (κ1) is 19.5. The fourth-order valence-corrected chi connectivity index (χ4v) is 3.63. The van der Waals surface area contributed by atoms with E-state index in [-0.39, 0.29) is 17.6 Å². The van der Waals surface area contributed by atoms with Crippen molar-refractivity contribution in [3.05, 3.63) is 70.5 Å². The summed E-state index contributed by atoms with van der Waals surface area (Å²) in [4.78, 5) is 13.8. The molecule has 4 nitrogen and oxygen atoms in total. The topological polar surface area (TPSA) is 58.4 Å². The summed E-state index contributed by atoms with van der Waals surface area (Å²) >= 11 is 0. The van der Waals surface area contributed by atoms with Crippen molar-refractivity contribution in [1.82, 2.24) is 10.2 Å². The van der Waals surface area contributed by atoms with Crippen LogP contribution in [-0.4, -0.2) is 23.9 Å². The van der Waals surface area contributed by atoms with Crippen molar-refractivity contribution in [3.63, 3.8) is 0 Å². The lowest BCUT2D eigenvalue weighted by Crippen LogP contribution is -2.40. The molecule has 0 aromatic heterocycles. The second-order valence-corrected chi connectivity index (χ2v) is 7.48. The van der Waals surface area contributed by atoms with E-state index in [1.165, 1.54) is 11.1 Å². The predicted molar refractivity (Wildman–Crippen MR) is 105 cm³/mol. The molecule has 144 valence electrons. The highest BCUT2D eigenvalue weighted by Gasteiger charge is 2.23. The number of carbonyl (C=O) groups is 1. The molecule has 2 aromatic carbocycles. The number of likely N-dealkylation sites (tertiary alicyclic amines) is 1. The summed E-state index contributed by atoms with van der Waals surface area (Å²) in [5, 5.41) is 3.38. The Kier molecular flexibility index (Phi) is 6.58. The molecule has 2 aromatic rings. The van der Waals surface area contributed by atoms with Crippen LogP contribution in [0.25, 0.3) is 0 Å². The number of primary amides is 1. The molecule has 1 saturated heterocycles. The number of halogens is 1. The molecule has 0 radical (unpaired) electrons. The van der Waals surface area contributed by atoms with E-state index in [4.69, 9.17) is 5.73 Å². The number of hydrogen-bond donors (Lipinski definition) is 2. The van der Waals surface area contributed by atoms with E-state index in [9.17, 15) is 9.18 Å². The Morgan fingerprint density at radius 3 is 2.67 bits per heavy atom. The summed E-state index contributed by atoms with van der Waals surface area (Å²) in [6.45, 7) is 5.72. The minimum absolute atomic E-state index is 0.0292. The van der Waals surface area contributed by atoms with Crippen LogP contribution in [0.4, 0.5) is 4.39 Å². The minimum atomic E-state index is -0.190. The van der Waals surface area contributed by atoms with Gasteiger partial charge in [0, 0.05) is 26.2 Å².